The van der Waals surface area contributed by atoms with Gasteiger partial charge in [0.2, 0.25) is 0 Å². The van der Waals surface area contributed by atoms with Gasteiger partial charge in [-0.25, -0.2) is 0 Å². The molecule has 0 aliphatic heterocycles. The molecule has 0 fully saturated rings. The highest BCUT2D eigenvalue weighted by Gasteiger charge is 2.09. The summed E-state index contributed by atoms with van der Waals surface area (Å²) < 4.78 is 12.2. The summed E-state index contributed by atoms with van der Waals surface area (Å²) in [6.07, 6.45) is 1.70. The number of ether oxygens (including phenoxy) is 1. The van der Waals surface area contributed by atoms with Crippen molar-refractivity contribution in [1.82, 2.24) is 0 Å². The van der Waals surface area contributed by atoms with Gasteiger partial charge >= 0.3 is 0 Å². The SMILES string of the molecule is Oc1ccc(OCc2coc3cccc(Br)c23)cc1. The van der Waals surface area contributed by atoms with Gasteiger partial charge in [0, 0.05) is 15.4 Å². The first-order valence-corrected chi connectivity index (χ1v) is 6.60. The number of hydrogen-bond donors (Lipinski definition) is 1. The van der Waals surface area contributed by atoms with Gasteiger partial charge in [0.05, 0.1) is 6.26 Å². The normalized spacial score (nSPS) is 10.8. The summed E-state index contributed by atoms with van der Waals surface area (Å²) >= 11 is 3.51. The van der Waals surface area contributed by atoms with E-state index in [2.05, 4.69) is 15.9 Å². The number of rotatable bonds is 3. The molecule has 0 saturated carbocycles. The Morgan fingerprint density at radius 2 is 1.89 bits per heavy atom. The van der Waals surface area contributed by atoms with Crippen LogP contribution < -0.4 is 4.74 Å². The average Bonchev–Trinajstić information content (AvgIpc) is 2.83. The van der Waals surface area contributed by atoms with Crippen LogP contribution in [-0.4, -0.2) is 5.11 Å². The Kier molecular flexibility index (Phi) is 3.17. The maximum atomic E-state index is 9.21. The third kappa shape index (κ3) is 2.44. The quantitative estimate of drug-likeness (QED) is 0.774. The minimum Gasteiger partial charge on any atom is -0.508 e. The molecular weight excluding hydrogens is 308 g/mol. The van der Waals surface area contributed by atoms with Crippen molar-refractivity contribution in [1.29, 1.82) is 0 Å². The van der Waals surface area contributed by atoms with Gasteiger partial charge in [-0.05, 0) is 36.4 Å². The summed E-state index contributed by atoms with van der Waals surface area (Å²) in [5.74, 6) is 0.933. The molecular formula is C15H11BrO3. The molecule has 0 amide bonds. The van der Waals surface area contributed by atoms with Crippen molar-refractivity contribution >= 4 is 26.9 Å². The van der Waals surface area contributed by atoms with E-state index in [1.54, 1.807) is 30.5 Å². The zero-order valence-electron chi connectivity index (χ0n) is 9.97. The number of aromatic hydroxyl groups is 1. The van der Waals surface area contributed by atoms with Crippen molar-refractivity contribution in [3.63, 3.8) is 0 Å². The molecule has 0 aliphatic carbocycles. The molecule has 19 heavy (non-hydrogen) atoms. The van der Waals surface area contributed by atoms with Crippen LogP contribution in [0.15, 0.2) is 57.6 Å². The fourth-order valence-electron chi connectivity index (χ4n) is 1.92. The fourth-order valence-corrected chi connectivity index (χ4v) is 2.52. The van der Waals surface area contributed by atoms with Gasteiger partial charge in [0.1, 0.15) is 23.7 Å². The first kappa shape index (κ1) is 12.1. The largest absolute Gasteiger partial charge is 0.508 e. The summed E-state index contributed by atoms with van der Waals surface area (Å²) in [4.78, 5) is 0. The van der Waals surface area contributed by atoms with Crippen molar-refractivity contribution in [3.8, 4) is 11.5 Å². The monoisotopic (exact) mass is 318 g/mol. The Balaban J connectivity index is 1.84. The zero-order valence-corrected chi connectivity index (χ0v) is 11.6. The number of benzene rings is 2. The molecule has 96 valence electrons. The van der Waals surface area contributed by atoms with E-state index in [4.69, 9.17) is 9.15 Å². The Bertz CT molecular complexity index is 701. The first-order chi connectivity index (χ1) is 9.24. The highest BCUT2D eigenvalue weighted by atomic mass is 79.9. The van der Waals surface area contributed by atoms with Crippen LogP contribution in [0.5, 0.6) is 11.5 Å². The summed E-state index contributed by atoms with van der Waals surface area (Å²) in [6, 6.07) is 12.5. The van der Waals surface area contributed by atoms with Gasteiger partial charge in [0.25, 0.3) is 0 Å². The van der Waals surface area contributed by atoms with Crippen LogP contribution >= 0.6 is 15.9 Å². The van der Waals surface area contributed by atoms with Crippen LogP contribution in [-0.2, 0) is 6.61 Å². The van der Waals surface area contributed by atoms with Crippen molar-refractivity contribution in [2.45, 2.75) is 6.61 Å². The van der Waals surface area contributed by atoms with Crippen LogP contribution in [0.4, 0.5) is 0 Å². The lowest BCUT2D eigenvalue weighted by Crippen LogP contribution is -1.94. The van der Waals surface area contributed by atoms with Crippen molar-refractivity contribution < 1.29 is 14.3 Å². The van der Waals surface area contributed by atoms with Gasteiger partial charge in [-0.3, -0.25) is 0 Å². The van der Waals surface area contributed by atoms with Gasteiger partial charge in [0.15, 0.2) is 0 Å². The minimum absolute atomic E-state index is 0.226. The predicted octanol–water partition coefficient (Wildman–Crippen LogP) is 4.48. The van der Waals surface area contributed by atoms with E-state index >= 15 is 0 Å². The Labute approximate surface area is 118 Å². The molecule has 0 saturated heterocycles. The van der Waals surface area contributed by atoms with E-state index < -0.39 is 0 Å². The lowest BCUT2D eigenvalue weighted by Gasteiger charge is -2.05. The topological polar surface area (TPSA) is 42.6 Å². The molecule has 3 rings (SSSR count). The molecule has 0 bridgehead atoms. The molecule has 0 spiro atoms. The van der Waals surface area contributed by atoms with E-state index in [0.717, 1.165) is 21.0 Å². The lowest BCUT2D eigenvalue weighted by molar-refractivity contribution is 0.305. The van der Waals surface area contributed by atoms with Gasteiger partial charge < -0.3 is 14.3 Å². The maximum Gasteiger partial charge on any atom is 0.135 e. The van der Waals surface area contributed by atoms with E-state index in [-0.39, 0.29) is 5.75 Å². The van der Waals surface area contributed by atoms with E-state index in [9.17, 15) is 5.11 Å². The second-order valence-corrected chi connectivity index (χ2v) is 5.01. The molecule has 1 N–H and O–H groups in total. The summed E-state index contributed by atoms with van der Waals surface area (Å²) in [5.41, 5.74) is 1.81. The van der Waals surface area contributed by atoms with Crippen molar-refractivity contribution in [2.24, 2.45) is 0 Å². The van der Waals surface area contributed by atoms with Crippen LogP contribution in [0.2, 0.25) is 0 Å². The molecule has 0 aliphatic rings. The van der Waals surface area contributed by atoms with E-state index in [1.807, 2.05) is 18.2 Å². The smallest absolute Gasteiger partial charge is 0.135 e. The van der Waals surface area contributed by atoms with Crippen LogP contribution in [0, 0.1) is 0 Å². The van der Waals surface area contributed by atoms with Crippen molar-refractivity contribution in [3.05, 3.63) is 58.8 Å². The van der Waals surface area contributed by atoms with E-state index in [1.165, 1.54) is 0 Å². The molecule has 3 aromatic rings. The fraction of sp³-hybridized carbons (Fsp3) is 0.0667. The molecule has 0 unspecified atom stereocenters. The molecule has 0 radical (unpaired) electrons. The Hall–Kier alpha value is -1.94. The molecule has 1 aromatic heterocycles. The van der Waals surface area contributed by atoms with E-state index in [0.29, 0.717) is 12.4 Å². The number of phenolic OH excluding ortho intramolecular Hbond substituents is 1. The summed E-state index contributed by atoms with van der Waals surface area (Å²) in [5, 5.41) is 10.2. The standard InChI is InChI=1S/C15H11BrO3/c16-13-2-1-3-14-15(13)10(9-19-14)8-18-12-6-4-11(17)5-7-12/h1-7,9,17H,8H2. The predicted molar refractivity (Wildman–Crippen MR) is 76.4 cm³/mol. The van der Waals surface area contributed by atoms with Gasteiger partial charge in [-0.15, -0.1) is 0 Å². The lowest BCUT2D eigenvalue weighted by atomic mass is 10.2. The minimum atomic E-state index is 0.226. The number of furan rings is 1. The highest BCUT2D eigenvalue weighted by molar-refractivity contribution is 9.10. The second-order valence-electron chi connectivity index (χ2n) is 4.16. The molecule has 1 heterocycles. The summed E-state index contributed by atoms with van der Waals surface area (Å²) in [7, 11) is 0. The van der Waals surface area contributed by atoms with Crippen LogP contribution in [0.1, 0.15) is 5.56 Å². The number of phenols is 1. The molecule has 2 aromatic carbocycles. The van der Waals surface area contributed by atoms with Gasteiger partial charge in [-0.1, -0.05) is 22.0 Å². The Morgan fingerprint density at radius 3 is 2.68 bits per heavy atom. The molecule has 4 heteroatoms. The third-order valence-corrected chi connectivity index (χ3v) is 3.52. The second kappa shape index (κ2) is 4.97. The molecule has 3 nitrogen and oxygen atoms in total. The van der Waals surface area contributed by atoms with Crippen LogP contribution in [0.25, 0.3) is 11.0 Å². The zero-order chi connectivity index (χ0) is 13.2. The highest BCUT2D eigenvalue weighted by Crippen LogP contribution is 2.29. The number of fused-ring (bicyclic) bond motifs is 1. The third-order valence-electron chi connectivity index (χ3n) is 2.86. The van der Waals surface area contributed by atoms with Crippen LogP contribution in [0.3, 0.4) is 0 Å². The number of halogens is 1. The first-order valence-electron chi connectivity index (χ1n) is 5.80. The average molecular weight is 319 g/mol. The van der Waals surface area contributed by atoms with Crippen molar-refractivity contribution in [2.75, 3.05) is 0 Å². The summed E-state index contributed by atoms with van der Waals surface area (Å²) in [6.45, 7) is 0.417. The Morgan fingerprint density at radius 1 is 1.11 bits per heavy atom. The van der Waals surface area contributed by atoms with Gasteiger partial charge in [-0.2, -0.15) is 0 Å². The number of hydrogen-bond acceptors (Lipinski definition) is 3. The molecule has 0 atom stereocenters. The maximum absolute atomic E-state index is 9.21.